The minimum absolute atomic E-state index is 0.161. The fraction of sp³-hybridized carbons (Fsp3) is 0.846. The van der Waals surface area contributed by atoms with Gasteiger partial charge in [-0.1, -0.05) is 25.7 Å². The molecule has 1 saturated carbocycles. The zero-order chi connectivity index (χ0) is 13.9. The lowest BCUT2D eigenvalue weighted by atomic mass is 9.88. The van der Waals surface area contributed by atoms with Crippen molar-refractivity contribution in [1.82, 2.24) is 5.32 Å². The Labute approximate surface area is 112 Å². The molecular weight excluding hydrogens is 248 g/mol. The Hall–Kier alpha value is -1.14. The zero-order valence-electron chi connectivity index (χ0n) is 11.1. The highest BCUT2D eigenvalue weighted by molar-refractivity contribution is 5.92. The van der Waals surface area contributed by atoms with Gasteiger partial charge in [0.2, 0.25) is 5.91 Å². The number of aliphatic carboxylic acids is 1. The first-order valence-electron chi connectivity index (χ1n) is 6.91. The lowest BCUT2D eigenvalue weighted by molar-refractivity contribution is -0.149. The highest BCUT2D eigenvalue weighted by Crippen LogP contribution is 2.28. The van der Waals surface area contributed by atoms with Crippen LogP contribution in [0.2, 0.25) is 0 Å². The van der Waals surface area contributed by atoms with Crippen LogP contribution in [0.4, 0.5) is 0 Å². The molecule has 2 rings (SSSR count). The third-order valence-electron chi connectivity index (χ3n) is 4.22. The first kappa shape index (κ1) is 14.3. The van der Waals surface area contributed by atoms with E-state index in [4.69, 9.17) is 10.5 Å². The molecule has 0 radical (unpaired) electrons. The molecule has 4 N–H and O–H groups in total. The second kappa shape index (κ2) is 5.46. The summed E-state index contributed by atoms with van der Waals surface area (Å²) in [6, 6.07) is 0. The number of carbonyl (C=O) groups excluding carboxylic acids is 1. The van der Waals surface area contributed by atoms with Crippen molar-refractivity contribution < 1.29 is 19.4 Å². The number of carboxylic acids is 1. The van der Waals surface area contributed by atoms with E-state index in [1.165, 1.54) is 0 Å². The number of carbonyl (C=O) groups is 2. The average Bonchev–Trinajstić information content (AvgIpc) is 2.67. The van der Waals surface area contributed by atoms with Crippen molar-refractivity contribution in [3.05, 3.63) is 0 Å². The summed E-state index contributed by atoms with van der Waals surface area (Å²) >= 11 is 0. The average molecular weight is 270 g/mol. The zero-order valence-corrected chi connectivity index (χ0v) is 11.1. The van der Waals surface area contributed by atoms with Crippen LogP contribution in [0, 0.1) is 0 Å². The second-order valence-electron chi connectivity index (χ2n) is 5.71. The van der Waals surface area contributed by atoms with Crippen molar-refractivity contribution in [2.45, 2.75) is 56.0 Å². The normalized spacial score (nSPS) is 30.6. The molecule has 0 aromatic carbocycles. The van der Waals surface area contributed by atoms with Crippen LogP contribution in [0.15, 0.2) is 0 Å². The lowest BCUT2D eigenvalue weighted by Crippen LogP contribution is -2.63. The lowest BCUT2D eigenvalue weighted by Gasteiger charge is -2.33. The highest BCUT2D eigenvalue weighted by atomic mass is 16.5. The largest absolute Gasteiger partial charge is 0.480 e. The predicted octanol–water partition coefficient (Wildman–Crippen LogP) is 0.398. The Kier molecular flexibility index (Phi) is 4.10. The van der Waals surface area contributed by atoms with Crippen LogP contribution in [0.5, 0.6) is 0 Å². The van der Waals surface area contributed by atoms with E-state index >= 15 is 0 Å². The summed E-state index contributed by atoms with van der Waals surface area (Å²) < 4.78 is 5.16. The number of carboxylic acid groups (broad SMARTS) is 1. The van der Waals surface area contributed by atoms with Crippen molar-refractivity contribution in [3.63, 3.8) is 0 Å². The Bertz CT molecular complexity index is 356. The van der Waals surface area contributed by atoms with Gasteiger partial charge in [-0.3, -0.25) is 4.79 Å². The van der Waals surface area contributed by atoms with Crippen molar-refractivity contribution in [2.24, 2.45) is 5.73 Å². The van der Waals surface area contributed by atoms with Gasteiger partial charge in [0.25, 0.3) is 0 Å². The Balaban J connectivity index is 2.11. The van der Waals surface area contributed by atoms with Gasteiger partial charge in [0.15, 0.2) is 0 Å². The number of hydrogen-bond donors (Lipinski definition) is 3. The first-order chi connectivity index (χ1) is 8.99. The van der Waals surface area contributed by atoms with E-state index in [-0.39, 0.29) is 6.61 Å². The number of hydrogen-bond acceptors (Lipinski definition) is 4. The fourth-order valence-electron chi connectivity index (χ4n) is 2.83. The number of rotatable bonds is 3. The van der Waals surface area contributed by atoms with Gasteiger partial charge in [0.1, 0.15) is 11.1 Å². The molecule has 0 spiro atoms. The van der Waals surface area contributed by atoms with Crippen LogP contribution in [0.3, 0.4) is 0 Å². The van der Waals surface area contributed by atoms with E-state index in [0.717, 1.165) is 25.7 Å². The van der Waals surface area contributed by atoms with E-state index in [1.54, 1.807) is 0 Å². The molecular formula is C13H22N2O4. The molecule has 0 bridgehead atoms. The van der Waals surface area contributed by atoms with Gasteiger partial charge in [-0.2, -0.15) is 0 Å². The van der Waals surface area contributed by atoms with Crippen LogP contribution in [-0.4, -0.2) is 41.3 Å². The van der Waals surface area contributed by atoms with Crippen LogP contribution in [0.25, 0.3) is 0 Å². The maximum Gasteiger partial charge on any atom is 0.329 e. The molecule has 2 fully saturated rings. The molecule has 19 heavy (non-hydrogen) atoms. The number of nitrogens with two attached hydrogens (primary N) is 1. The quantitative estimate of drug-likeness (QED) is 0.644. The smallest absolute Gasteiger partial charge is 0.329 e. The SMILES string of the molecule is NC1(C(=O)NC2(C(=O)O)CCCCCC2)CCOC1. The Morgan fingerprint density at radius 3 is 2.21 bits per heavy atom. The van der Waals surface area contributed by atoms with Gasteiger partial charge in [0, 0.05) is 6.61 Å². The predicted molar refractivity (Wildman–Crippen MR) is 68.6 cm³/mol. The monoisotopic (exact) mass is 270 g/mol. The molecule has 1 atom stereocenters. The first-order valence-corrected chi connectivity index (χ1v) is 6.91. The van der Waals surface area contributed by atoms with Gasteiger partial charge in [-0.05, 0) is 19.3 Å². The van der Waals surface area contributed by atoms with Gasteiger partial charge in [-0.25, -0.2) is 4.79 Å². The molecule has 1 heterocycles. The summed E-state index contributed by atoms with van der Waals surface area (Å²) in [7, 11) is 0. The summed E-state index contributed by atoms with van der Waals surface area (Å²) in [6.07, 6.45) is 5.06. The topological polar surface area (TPSA) is 102 Å². The van der Waals surface area contributed by atoms with E-state index in [0.29, 0.717) is 25.9 Å². The molecule has 1 aliphatic heterocycles. The third-order valence-corrected chi connectivity index (χ3v) is 4.22. The maximum absolute atomic E-state index is 12.3. The van der Waals surface area contributed by atoms with Crippen molar-refractivity contribution in [3.8, 4) is 0 Å². The molecule has 6 heteroatoms. The van der Waals surface area contributed by atoms with Crippen LogP contribution >= 0.6 is 0 Å². The van der Waals surface area contributed by atoms with E-state index in [2.05, 4.69) is 5.32 Å². The molecule has 1 amide bonds. The van der Waals surface area contributed by atoms with E-state index in [1.807, 2.05) is 0 Å². The van der Waals surface area contributed by atoms with Crippen LogP contribution in [0.1, 0.15) is 44.9 Å². The van der Waals surface area contributed by atoms with Gasteiger partial charge in [0.05, 0.1) is 6.61 Å². The Morgan fingerprint density at radius 2 is 1.74 bits per heavy atom. The van der Waals surface area contributed by atoms with Gasteiger partial charge < -0.3 is 20.9 Å². The second-order valence-corrected chi connectivity index (χ2v) is 5.71. The molecule has 0 aromatic heterocycles. The summed E-state index contributed by atoms with van der Waals surface area (Å²) in [5.74, 6) is -1.35. The highest BCUT2D eigenvalue weighted by Gasteiger charge is 2.46. The number of nitrogens with one attached hydrogen (secondary N) is 1. The maximum atomic E-state index is 12.3. The van der Waals surface area contributed by atoms with Gasteiger partial charge >= 0.3 is 5.97 Å². The van der Waals surface area contributed by atoms with Crippen LogP contribution < -0.4 is 11.1 Å². The van der Waals surface area contributed by atoms with Crippen LogP contribution in [-0.2, 0) is 14.3 Å². The number of amides is 1. The van der Waals surface area contributed by atoms with Crippen molar-refractivity contribution in [2.75, 3.05) is 13.2 Å². The number of ether oxygens (including phenoxy) is 1. The minimum Gasteiger partial charge on any atom is -0.480 e. The molecule has 6 nitrogen and oxygen atoms in total. The fourth-order valence-corrected chi connectivity index (χ4v) is 2.83. The van der Waals surface area contributed by atoms with E-state index < -0.39 is 23.0 Å². The van der Waals surface area contributed by atoms with Crippen molar-refractivity contribution in [1.29, 1.82) is 0 Å². The molecule has 1 aliphatic carbocycles. The summed E-state index contributed by atoms with van der Waals surface area (Å²) in [4.78, 5) is 23.9. The molecule has 1 saturated heterocycles. The minimum atomic E-state index is -1.15. The summed E-state index contributed by atoms with van der Waals surface area (Å²) in [5.41, 5.74) is 3.76. The van der Waals surface area contributed by atoms with E-state index in [9.17, 15) is 14.7 Å². The molecule has 1 unspecified atom stereocenters. The summed E-state index contributed by atoms with van der Waals surface area (Å²) in [5, 5.41) is 12.2. The van der Waals surface area contributed by atoms with Gasteiger partial charge in [-0.15, -0.1) is 0 Å². The van der Waals surface area contributed by atoms with Crippen molar-refractivity contribution >= 4 is 11.9 Å². The Morgan fingerprint density at radius 1 is 1.11 bits per heavy atom. The third kappa shape index (κ3) is 2.90. The molecule has 2 aliphatic rings. The molecule has 108 valence electrons. The summed E-state index contributed by atoms with van der Waals surface area (Å²) in [6.45, 7) is 0.610. The molecule has 0 aromatic rings. The standard InChI is InChI=1S/C13H22N2O4/c14-12(7-8-19-9-12)10(16)15-13(11(17)18)5-3-1-2-4-6-13/h1-9,14H2,(H,15,16)(H,17,18).